The third-order valence-corrected chi connectivity index (χ3v) is 3.01. The minimum absolute atomic E-state index is 0.109. The largest absolute Gasteiger partial charge is 0.331 e. The summed E-state index contributed by atoms with van der Waals surface area (Å²) in [7, 11) is 0. The summed E-state index contributed by atoms with van der Waals surface area (Å²) >= 11 is 0. The van der Waals surface area contributed by atoms with Gasteiger partial charge in [-0.2, -0.15) is 5.26 Å². The van der Waals surface area contributed by atoms with Crippen LogP contribution in [0.15, 0.2) is 40.1 Å². The first kappa shape index (κ1) is 13.7. The Hall–Kier alpha value is -2.68. The van der Waals surface area contributed by atoms with Crippen LogP contribution < -0.4 is 11.2 Å². The zero-order chi connectivity index (χ0) is 14.7. The number of aryl methyl sites for hydroxylation is 1. The second-order valence-electron chi connectivity index (χ2n) is 4.20. The van der Waals surface area contributed by atoms with Crippen LogP contribution in [0.1, 0.15) is 18.1 Å². The Bertz CT molecular complexity index is 799. The third-order valence-electron chi connectivity index (χ3n) is 3.01. The van der Waals surface area contributed by atoms with Crippen LogP contribution in [-0.4, -0.2) is 9.13 Å². The molecule has 0 radical (unpaired) electrons. The maximum Gasteiger partial charge on any atom is 0.331 e. The normalized spacial score (nSPS) is 10.2. The molecule has 0 atom stereocenters. The van der Waals surface area contributed by atoms with Crippen molar-refractivity contribution in [1.82, 2.24) is 9.13 Å². The molecule has 0 aliphatic heterocycles. The quantitative estimate of drug-likeness (QED) is 0.840. The molecule has 1 aromatic carbocycles. The molecular formula is C14H12FN3O2. The van der Waals surface area contributed by atoms with E-state index in [1.54, 1.807) is 13.0 Å². The SMILES string of the molecule is CCn1ccc(=O)n(Cc2cccc(C#N)c2F)c1=O. The molecule has 2 aromatic rings. The van der Waals surface area contributed by atoms with Crippen LogP contribution in [0.5, 0.6) is 0 Å². The van der Waals surface area contributed by atoms with Crippen molar-refractivity contribution >= 4 is 0 Å². The van der Waals surface area contributed by atoms with E-state index in [9.17, 15) is 14.0 Å². The van der Waals surface area contributed by atoms with E-state index in [0.29, 0.717) is 6.54 Å². The highest BCUT2D eigenvalue weighted by atomic mass is 19.1. The Morgan fingerprint density at radius 2 is 2.05 bits per heavy atom. The summed E-state index contributed by atoms with van der Waals surface area (Å²) in [5.74, 6) is -0.701. The molecule has 5 nitrogen and oxygen atoms in total. The van der Waals surface area contributed by atoms with Gasteiger partial charge in [0.25, 0.3) is 5.56 Å². The molecule has 0 saturated heterocycles. The Labute approximate surface area is 114 Å². The maximum atomic E-state index is 14.0. The monoisotopic (exact) mass is 273 g/mol. The van der Waals surface area contributed by atoms with Gasteiger partial charge in [-0.3, -0.25) is 9.36 Å². The first-order valence-corrected chi connectivity index (χ1v) is 6.06. The molecule has 0 saturated carbocycles. The molecule has 0 aliphatic rings. The number of hydrogen-bond acceptors (Lipinski definition) is 3. The molecule has 0 aliphatic carbocycles. The van der Waals surface area contributed by atoms with Crippen molar-refractivity contribution in [3.05, 3.63) is 68.2 Å². The van der Waals surface area contributed by atoms with E-state index >= 15 is 0 Å². The molecule has 0 unspecified atom stereocenters. The fourth-order valence-corrected chi connectivity index (χ4v) is 1.90. The number of hydrogen-bond donors (Lipinski definition) is 0. The lowest BCUT2D eigenvalue weighted by Crippen LogP contribution is -2.39. The van der Waals surface area contributed by atoms with Gasteiger partial charge in [-0.15, -0.1) is 0 Å². The first-order valence-electron chi connectivity index (χ1n) is 6.06. The van der Waals surface area contributed by atoms with Gasteiger partial charge in [-0.25, -0.2) is 9.18 Å². The Morgan fingerprint density at radius 3 is 2.70 bits per heavy atom. The van der Waals surface area contributed by atoms with Gasteiger partial charge in [0.05, 0.1) is 12.1 Å². The Morgan fingerprint density at radius 1 is 1.30 bits per heavy atom. The number of aromatic nitrogens is 2. The molecule has 0 fully saturated rings. The number of rotatable bonds is 3. The van der Waals surface area contributed by atoms with E-state index < -0.39 is 17.1 Å². The van der Waals surface area contributed by atoms with E-state index in [4.69, 9.17) is 5.26 Å². The number of nitrogens with zero attached hydrogens (tertiary/aromatic N) is 3. The van der Waals surface area contributed by atoms with E-state index in [0.717, 1.165) is 4.57 Å². The molecule has 0 amide bonds. The van der Waals surface area contributed by atoms with Gasteiger partial charge in [-0.1, -0.05) is 12.1 Å². The molecule has 0 N–H and O–H groups in total. The first-order chi connectivity index (χ1) is 9.58. The van der Waals surface area contributed by atoms with Gasteiger partial charge in [-0.05, 0) is 13.0 Å². The van der Waals surface area contributed by atoms with Gasteiger partial charge >= 0.3 is 5.69 Å². The van der Waals surface area contributed by atoms with Gasteiger partial charge < -0.3 is 4.57 Å². The number of nitriles is 1. The number of benzene rings is 1. The van der Waals surface area contributed by atoms with E-state index in [1.807, 2.05) is 0 Å². The Kier molecular flexibility index (Phi) is 3.80. The highest BCUT2D eigenvalue weighted by Crippen LogP contribution is 2.12. The lowest BCUT2D eigenvalue weighted by atomic mass is 10.1. The fraction of sp³-hybridized carbons (Fsp3) is 0.214. The molecule has 102 valence electrons. The molecular weight excluding hydrogens is 261 g/mol. The summed E-state index contributed by atoms with van der Waals surface area (Å²) in [5.41, 5.74) is -0.970. The van der Waals surface area contributed by atoms with E-state index in [1.165, 1.54) is 35.0 Å². The van der Waals surface area contributed by atoms with Gasteiger partial charge in [0, 0.05) is 24.4 Å². The summed E-state index contributed by atoms with van der Waals surface area (Å²) in [4.78, 5) is 23.8. The summed E-state index contributed by atoms with van der Waals surface area (Å²) in [6.07, 6.45) is 1.41. The maximum absolute atomic E-state index is 14.0. The zero-order valence-corrected chi connectivity index (χ0v) is 10.8. The molecule has 0 bridgehead atoms. The van der Waals surface area contributed by atoms with Crippen LogP contribution in [0.25, 0.3) is 0 Å². The molecule has 2 rings (SSSR count). The lowest BCUT2D eigenvalue weighted by molar-refractivity contribution is 0.564. The van der Waals surface area contributed by atoms with Crippen LogP contribution in [0, 0.1) is 17.1 Å². The average Bonchev–Trinajstić information content (AvgIpc) is 2.45. The smallest absolute Gasteiger partial charge is 0.301 e. The van der Waals surface area contributed by atoms with Crippen LogP contribution in [0.3, 0.4) is 0 Å². The predicted octanol–water partition coefficient (Wildman–Crippen LogP) is 1.09. The molecule has 0 spiro atoms. The molecule has 1 heterocycles. The summed E-state index contributed by atoms with van der Waals surface area (Å²) in [6, 6.07) is 7.30. The average molecular weight is 273 g/mol. The second kappa shape index (κ2) is 5.53. The van der Waals surface area contributed by atoms with Crippen molar-refractivity contribution < 1.29 is 4.39 Å². The van der Waals surface area contributed by atoms with Gasteiger partial charge in [0.15, 0.2) is 0 Å². The number of halogens is 1. The lowest BCUT2D eigenvalue weighted by Gasteiger charge is -2.09. The second-order valence-corrected chi connectivity index (χ2v) is 4.20. The van der Waals surface area contributed by atoms with Crippen molar-refractivity contribution in [3.8, 4) is 6.07 Å². The van der Waals surface area contributed by atoms with Gasteiger partial charge in [0.2, 0.25) is 0 Å². The van der Waals surface area contributed by atoms with Crippen molar-refractivity contribution in [2.45, 2.75) is 20.0 Å². The van der Waals surface area contributed by atoms with Gasteiger partial charge in [0.1, 0.15) is 11.9 Å². The van der Waals surface area contributed by atoms with E-state index in [-0.39, 0.29) is 17.7 Å². The minimum atomic E-state index is -0.701. The van der Waals surface area contributed by atoms with Crippen LogP contribution in [-0.2, 0) is 13.1 Å². The third kappa shape index (κ3) is 2.38. The summed E-state index contributed by atoms with van der Waals surface area (Å²) in [6.45, 7) is 1.99. The van der Waals surface area contributed by atoms with Crippen molar-refractivity contribution in [2.75, 3.05) is 0 Å². The van der Waals surface area contributed by atoms with E-state index in [2.05, 4.69) is 0 Å². The summed E-state index contributed by atoms with van der Waals surface area (Å²) in [5, 5.41) is 8.78. The topological polar surface area (TPSA) is 67.8 Å². The van der Waals surface area contributed by atoms with Crippen LogP contribution >= 0.6 is 0 Å². The highest BCUT2D eigenvalue weighted by Gasteiger charge is 2.11. The minimum Gasteiger partial charge on any atom is -0.301 e. The zero-order valence-electron chi connectivity index (χ0n) is 10.8. The predicted molar refractivity (Wildman–Crippen MR) is 70.9 cm³/mol. The van der Waals surface area contributed by atoms with Crippen LogP contribution in [0.2, 0.25) is 0 Å². The van der Waals surface area contributed by atoms with Crippen LogP contribution in [0.4, 0.5) is 4.39 Å². The standard InChI is InChI=1S/C14H12FN3O2/c1-2-17-7-6-12(19)18(14(17)20)9-11-5-3-4-10(8-16)13(11)15/h3-7H,2,9H2,1H3. The van der Waals surface area contributed by atoms with Crippen molar-refractivity contribution in [3.63, 3.8) is 0 Å². The Balaban J connectivity index is 2.54. The highest BCUT2D eigenvalue weighted by molar-refractivity contribution is 5.35. The van der Waals surface area contributed by atoms with Crippen molar-refractivity contribution in [2.24, 2.45) is 0 Å². The summed E-state index contributed by atoms with van der Waals surface area (Å²) < 4.78 is 16.3. The fourth-order valence-electron chi connectivity index (χ4n) is 1.90. The molecule has 6 heteroatoms. The van der Waals surface area contributed by atoms with Crippen molar-refractivity contribution in [1.29, 1.82) is 5.26 Å². The molecule has 20 heavy (non-hydrogen) atoms. The molecule has 1 aromatic heterocycles.